The van der Waals surface area contributed by atoms with Gasteiger partial charge in [0.15, 0.2) is 0 Å². The molecule has 1 N–H and O–H groups in total. The number of carbonyl (C=O) groups is 3. The molecule has 8 heteroatoms. The Morgan fingerprint density at radius 2 is 1.69 bits per heavy atom. The quantitative estimate of drug-likeness (QED) is 0.552. The maximum absolute atomic E-state index is 12.7. The van der Waals surface area contributed by atoms with Crippen molar-refractivity contribution in [1.29, 1.82) is 0 Å². The van der Waals surface area contributed by atoms with Crippen LogP contribution in [0.4, 0.5) is 10.5 Å². The summed E-state index contributed by atoms with van der Waals surface area (Å²) in [6.07, 6.45) is 1.51. The molecule has 0 atom stereocenters. The van der Waals surface area contributed by atoms with E-state index in [0.717, 1.165) is 16.7 Å². The fraction of sp³-hybridized carbons (Fsp3) is 0. The summed E-state index contributed by atoms with van der Waals surface area (Å²) in [5, 5.41) is 9.08. The van der Waals surface area contributed by atoms with Gasteiger partial charge in [0.25, 0.3) is 11.1 Å². The summed E-state index contributed by atoms with van der Waals surface area (Å²) >= 11 is 6.68. The van der Waals surface area contributed by atoms with Gasteiger partial charge >= 0.3 is 5.97 Å². The second-order valence-corrected chi connectivity index (χ2v) is 7.51. The number of carbonyl (C=O) groups excluding carboxylic acids is 2. The summed E-state index contributed by atoms with van der Waals surface area (Å²) in [4.78, 5) is 37.2. The van der Waals surface area contributed by atoms with E-state index in [9.17, 15) is 14.4 Å². The Labute approximate surface area is 174 Å². The van der Waals surface area contributed by atoms with Gasteiger partial charge in [-0.15, -0.1) is 0 Å². The van der Waals surface area contributed by atoms with Gasteiger partial charge in [0.05, 0.1) is 16.2 Å². The number of aromatic carboxylic acids is 1. The van der Waals surface area contributed by atoms with Crippen LogP contribution in [0, 0.1) is 0 Å². The highest BCUT2D eigenvalue weighted by Crippen LogP contribution is 2.36. The molecule has 29 heavy (non-hydrogen) atoms. The van der Waals surface area contributed by atoms with E-state index in [1.54, 1.807) is 48.5 Å². The molecular formula is C21H12ClNO5S. The highest BCUT2D eigenvalue weighted by Gasteiger charge is 2.36. The van der Waals surface area contributed by atoms with Gasteiger partial charge in [-0.25, -0.2) is 9.69 Å². The smallest absolute Gasteiger partial charge is 0.335 e. The monoisotopic (exact) mass is 425 g/mol. The minimum absolute atomic E-state index is 0.177. The molecule has 3 aromatic rings. The number of benzene rings is 2. The lowest BCUT2D eigenvalue weighted by molar-refractivity contribution is -0.113. The average molecular weight is 426 g/mol. The minimum Gasteiger partial charge on any atom is -0.478 e. The third-order valence-electron chi connectivity index (χ3n) is 4.20. The molecule has 1 aliphatic rings. The number of hydrogen-bond donors (Lipinski definition) is 1. The molecule has 2 aromatic carbocycles. The number of hydrogen-bond acceptors (Lipinski definition) is 5. The number of carboxylic acid groups (broad SMARTS) is 1. The first-order valence-corrected chi connectivity index (χ1v) is 9.59. The molecule has 1 saturated heterocycles. The molecule has 0 saturated carbocycles. The average Bonchev–Trinajstić information content (AvgIpc) is 3.28. The number of thioether (sulfide) groups is 1. The van der Waals surface area contributed by atoms with Gasteiger partial charge < -0.3 is 9.52 Å². The Morgan fingerprint density at radius 1 is 1.00 bits per heavy atom. The van der Waals surface area contributed by atoms with E-state index in [0.29, 0.717) is 27.8 Å². The lowest BCUT2D eigenvalue weighted by atomic mass is 10.1. The van der Waals surface area contributed by atoms with Gasteiger partial charge in [-0.3, -0.25) is 9.59 Å². The molecular weight excluding hydrogens is 414 g/mol. The number of rotatable bonds is 4. The van der Waals surface area contributed by atoms with Crippen molar-refractivity contribution >= 4 is 52.2 Å². The standard InChI is InChI=1S/C21H12ClNO5S/c22-14-5-7-15(8-6-14)23-19(24)18(29-21(23)27)11-16-9-10-17(28-16)12-1-3-13(4-2-12)20(25)26/h1-11H,(H,25,26). The number of halogens is 1. The molecule has 2 heterocycles. The van der Waals surface area contributed by atoms with Crippen LogP contribution in [-0.2, 0) is 4.79 Å². The second kappa shape index (κ2) is 7.62. The number of nitrogens with zero attached hydrogens (tertiary/aromatic N) is 1. The van der Waals surface area contributed by atoms with Crippen molar-refractivity contribution in [1.82, 2.24) is 0 Å². The Bertz CT molecular complexity index is 1150. The maximum Gasteiger partial charge on any atom is 0.335 e. The third-order valence-corrected chi connectivity index (χ3v) is 5.32. The highest BCUT2D eigenvalue weighted by molar-refractivity contribution is 8.19. The largest absolute Gasteiger partial charge is 0.478 e. The topological polar surface area (TPSA) is 87.8 Å². The van der Waals surface area contributed by atoms with E-state index in [4.69, 9.17) is 21.1 Å². The number of carboxylic acids is 1. The van der Waals surface area contributed by atoms with Crippen molar-refractivity contribution in [3.8, 4) is 11.3 Å². The van der Waals surface area contributed by atoms with Crippen LogP contribution < -0.4 is 4.90 Å². The van der Waals surface area contributed by atoms with E-state index in [1.165, 1.54) is 18.2 Å². The fourth-order valence-corrected chi connectivity index (χ4v) is 3.72. The summed E-state index contributed by atoms with van der Waals surface area (Å²) in [5.74, 6) is -0.520. The van der Waals surface area contributed by atoms with E-state index in [1.807, 2.05) is 0 Å². The van der Waals surface area contributed by atoms with Crippen LogP contribution in [0.1, 0.15) is 16.1 Å². The van der Waals surface area contributed by atoms with E-state index < -0.39 is 17.1 Å². The Morgan fingerprint density at radius 3 is 2.34 bits per heavy atom. The Hall–Kier alpha value is -3.29. The molecule has 0 spiro atoms. The first kappa shape index (κ1) is 19.0. The normalized spacial score (nSPS) is 15.3. The van der Waals surface area contributed by atoms with Gasteiger partial charge in [0.2, 0.25) is 0 Å². The molecule has 0 bridgehead atoms. The molecule has 0 radical (unpaired) electrons. The van der Waals surface area contributed by atoms with Crippen molar-refractivity contribution in [2.75, 3.05) is 4.90 Å². The molecule has 1 aliphatic heterocycles. The molecule has 6 nitrogen and oxygen atoms in total. The zero-order valence-electron chi connectivity index (χ0n) is 14.7. The zero-order valence-corrected chi connectivity index (χ0v) is 16.2. The van der Waals surface area contributed by atoms with E-state index in [2.05, 4.69) is 0 Å². The molecule has 1 aromatic heterocycles. The van der Waals surface area contributed by atoms with Crippen LogP contribution in [0.15, 0.2) is 70.0 Å². The van der Waals surface area contributed by atoms with Gasteiger partial charge in [-0.1, -0.05) is 23.7 Å². The van der Waals surface area contributed by atoms with Crippen LogP contribution in [0.3, 0.4) is 0 Å². The first-order valence-electron chi connectivity index (χ1n) is 8.39. The third kappa shape index (κ3) is 3.83. The van der Waals surface area contributed by atoms with Gasteiger partial charge in [0.1, 0.15) is 11.5 Å². The summed E-state index contributed by atoms with van der Waals surface area (Å²) in [7, 11) is 0. The first-order chi connectivity index (χ1) is 13.9. The highest BCUT2D eigenvalue weighted by atomic mass is 35.5. The molecule has 0 aliphatic carbocycles. The second-order valence-electron chi connectivity index (χ2n) is 6.08. The lowest BCUT2D eigenvalue weighted by Gasteiger charge is -2.11. The summed E-state index contributed by atoms with van der Waals surface area (Å²) < 4.78 is 5.74. The number of furan rings is 1. The Kier molecular flexibility index (Phi) is 5.00. The molecule has 2 amide bonds. The summed E-state index contributed by atoms with van der Waals surface area (Å²) in [6, 6.07) is 16.1. The summed E-state index contributed by atoms with van der Waals surface area (Å²) in [5.41, 5.74) is 1.32. The number of imide groups is 1. The number of anilines is 1. The van der Waals surface area contributed by atoms with E-state index >= 15 is 0 Å². The molecule has 144 valence electrons. The van der Waals surface area contributed by atoms with Gasteiger partial charge in [-0.2, -0.15) is 0 Å². The van der Waals surface area contributed by atoms with E-state index in [-0.39, 0.29) is 10.5 Å². The van der Waals surface area contributed by atoms with Crippen molar-refractivity contribution in [3.63, 3.8) is 0 Å². The lowest BCUT2D eigenvalue weighted by Crippen LogP contribution is -2.27. The zero-order chi connectivity index (χ0) is 20.5. The van der Waals surface area contributed by atoms with Crippen LogP contribution >= 0.6 is 23.4 Å². The van der Waals surface area contributed by atoms with Crippen LogP contribution in [0.25, 0.3) is 17.4 Å². The number of amides is 2. The predicted molar refractivity (Wildman–Crippen MR) is 111 cm³/mol. The van der Waals surface area contributed by atoms with Crippen molar-refractivity contribution in [3.05, 3.63) is 81.9 Å². The molecule has 1 fully saturated rings. The minimum atomic E-state index is -1.01. The van der Waals surface area contributed by atoms with Crippen molar-refractivity contribution in [2.45, 2.75) is 0 Å². The predicted octanol–water partition coefficient (Wildman–Crippen LogP) is 5.54. The van der Waals surface area contributed by atoms with Crippen LogP contribution in [-0.4, -0.2) is 22.2 Å². The van der Waals surface area contributed by atoms with Gasteiger partial charge in [0, 0.05) is 16.7 Å². The Balaban J connectivity index is 1.57. The summed E-state index contributed by atoms with van der Waals surface area (Å²) in [6.45, 7) is 0. The van der Waals surface area contributed by atoms with Crippen LogP contribution in [0.2, 0.25) is 5.02 Å². The van der Waals surface area contributed by atoms with Gasteiger partial charge in [-0.05, 0) is 60.3 Å². The molecule has 0 unspecified atom stereocenters. The maximum atomic E-state index is 12.7. The van der Waals surface area contributed by atoms with Crippen molar-refractivity contribution < 1.29 is 23.9 Å². The SMILES string of the molecule is O=C(O)c1ccc(-c2ccc(C=C3SC(=O)N(c4ccc(Cl)cc4)C3=O)o2)cc1. The fourth-order valence-electron chi connectivity index (χ4n) is 2.77. The van der Waals surface area contributed by atoms with Crippen LogP contribution in [0.5, 0.6) is 0 Å². The molecule has 4 rings (SSSR count). The van der Waals surface area contributed by atoms with Crippen molar-refractivity contribution in [2.24, 2.45) is 0 Å².